The Balaban J connectivity index is 1.76. The van der Waals surface area contributed by atoms with E-state index < -0.39 is 0 Å². The number of anilines is 1. The molecule has 0 aliphatic carbocycles. The van der Waals surface area contributed by atoms with E-state index in [0.717, 1.165) is 20.4 Å². The molecule has 4 nitrogen and oxygen atoms in total. The Bertz CT molecular complexity index is 725. The van der Waals surface area contributed by atoms with Crippen LogP contribution in [0, 0.1) is 3.57 Å². The van der Waals surface area contributed by atoms with Crippen molar-refractivity contribution >= 4 is 39.6 Å². The zero-order chi connectivity index (χ0) is 13.9. The molecule has 0 unspecified atom stereocenters. The number of halogens is 1. The first kappa shape index (κ1) is 13.2. The van der Waals surface area contributed by atoms with Crippen molar-refractivity contribution in [2.75, 3.05) is 12.3 Å². The molecule has 1 aromatic heterocycles. The maximum Gasteiger partial charge on any atom is 0.201 e. The minimum Gasteiger partial charge on any atom is -0.492 e. The van der Waals surface area contributed by atoms with Crippen molar-refractivity contribution in [3.05, 3.63) is 52.1 Å². The van der Waals surface area contributed by atoms with Crippen molar-refractivity contribution < 1.29 is 4.74 Å². The smallest absolute Gasteiger partial charge is 0.201 e. The van der Waals surface area contributed by atoms with Crippen LogP contribution in [0.15, 0.2) is 48.5 Å². The highest BCUT2D eigenvalue weighted by Gasteiger charge is 2.08. The van der Waals surface area contributed by atoms with Gasteiger partial charge >= 0.3 is 0 Å². The van der Waals surface area contributed by atoms with Crippen molar-refractivity contribution in [3.63, 3.8) is 0 Å². The standard InChI is InChI=1S/C15H14IN3O/c16-11-6-7-14-13(10-11)18-15(17)19(14)8-9-20-12-4-2-1-3-5-12/h1-7,10H,8-9H2,(H2,17,18). The molecule has 0 aliphatic heterocycles. The van der Waals surface area contributed by atoms with Gasteiger partial charge in [0.15, 0.2) is 0 Å². The second kappa shape index (κ2) is 5.70. The van der Waals surface area contributed by atoms with Gasteiger partial charge in [-0.2, -0.15) is 0 Å². The molecule has 0 saturated heterocycles. The molecule has 0 saturated carbocycles. The maximum absolute atomic E-state index is 5.98. The summed E-state index contributed by atoms with van der Waals surface area (Å²) < 4.78 is 8.83. The summed E-state index contributed by atoms with van der Waals surface area (Å²) in [6, 6.07) is 15.9. The van der Waals surface area contributed by atoms with Crippen LogP contribution in [0.4, 0.5) is 5.95 Å². The van der Waals surface area contributed by atoms with Gasteiger partial charge in [0.1, 0.15) is 12.4 Å². The lowest BCUT2D eigenvalue weighted by Crippen LogP contribution is -2.10. The van der Waals surface area contributed by atoms with Gasteiger partial charge in [-0.25, -0.2) is 4.98 Å². The van der Waals surface area contributed by atoms with Gasteiger partial charge in [-0.3, -0.25) is 0 Å². The second-order valence-corrected chi connectivity index (χ2v) is 5.66. The highest BCUT2D eigenvalue weighted by atomic mass is 127. The van der Waals surface area contributed by atoms with Crippen molar-refractivity contribution in [1.29, 1.82) is 0 Å². The third-order valence-electron chi connectivity index (χ3n) is 3.07. The molecule has 0 radical (unpaired) electrons. The summed E-state index contributed by atoms with van der Waals surface area (Å²) in [5, 5.41) is 0. The van der Waals surface area contributed by atoms with Crippen molar-refractivity contribution in [2.45, 2.75) is 6.54 Å². The Morgan fingerprint density at radius 3 is 2.75 bits per heavy atom. The van der Waals surface area contributed by atoms with Crippen LogP contribution in [0.5, 0.6) is 5.75 Å². The lowest BCUT2D eigenvalue weighted by Gasteiger charge is -2.08. The third-order valence-corrected chi connectivity index (χ3v) is 3.74. The van der Waals surface area contributed by atoms with Gasteiger partial charge in [0, 0.05) is 3.57 Å². The molecule has 102 valence electrons. The highest BCUT2D eigenvalue weighted by Crippen LogP contribution is 2.20. The molecule has 20 heavy (non-hydrogen) atoms. The van der Waals surface area contributed by atoms with Gasteiger partial charge in [0.05, 0.1) is 17.6 Å². The number of hydrogen-bond donors (Lipinski definition) is 1. The molecule has 0 fully saturated rings. The average Bonchev–Trinajstić information content (AvgIpc) is 2.75. The van der Waals surface area contributed by atoms with Gasteiger partial charge < -0.3 is 15.0 Å². The van der Waals surface area contributed by atoms with Crippen LogP contribution in [-0.2, 0) is 6.54 Å². The summed E-state index contributed by atoms with van der Waals surface area (Å²) in [5.74, 6) is 1.39. The minimum atomic E-state index is 0.527. The summed E-state index contributed by atoms with van der Waals surface area (Å²) in [4.78, 5) is 4.38. The Labute approximate surface area is 130 Å². The SMILES string of the molecule is Nc1nc2cc(I)ccc2n1CCOc1ccccc1. The number of aromatic nitrogens is 2. The minimum absolute atomic E-state index is 0.527. The van der Waals surface area contributed by atoms with E-state index in [1.54, 1.807) is 0 Å². The van der Waals surface area contributed by atoms with Crippen LogP contribution in [-0.4, -0.2) is 16.2 Å². The largest absolute Gasteiger partial charge is 0.492 e. The number of nitrogens with two attached hydrogens (primary N) is 1. The van der Waals surface area contributed by atoms with Crippen LogP contribution in [0.25, 0.3) is 11.0 Å². The molecular weight excluding hydrogens is 365 g/mol. The second-order valence-electron chi connectivity index (χ2n) is 4.42. The van der Waals surface area contributed by atoms with Crippen molar-refractivity contribution in [2.24, 2.45) is 0 Å². The quantitative estimate of drug-likeness (QED) is 0.708. The van der Waals surface area contributed by atoms with Gasteiger partial charge in [0.25, 0.3) is 0 Å². The maximum atomic E-state index is 5.98. The molecule has 3 aromatic rings. The van der Waals surface area contributed by atoms with E-state index in [9.17, 15) is 0 Å². The predicted molar refractivity (Wildman–Crippen MR) is 88.8 cm³/mol. The van der Waals surface area contributed by atoms with E-state index in [-0.39, 0.29) is 0 Å². The molecule has 0 aliphatic rings. The zero-order valence-electron chi connectivity index (χ0n) is 10.8. The molecule has 0 spiro atoms. The fourth-order valence-electron chi connectivity index (χ4n) is 2.13. The van der Waals surface area contributed by atoms with E-state index in [4.69, 9.17) is 10.5 Å². The van der Waals surface area contributed by atoms with Gasteiger partial charge in [-0.1, -0.05) is 18.2 Å². The highest BCUT2D eigenvalue weighted by molar-refractivity contribution is 14.1. The topological polar surface area (TPSA) is 53.1 Å². The number of imidazole rings is 1. The molecule has 2 aromatic carbocycles. The van der Waals surface area contributed by atoms with E-state index >= 15 is 0 Å². The molecular formula is C15H14IN3O. The van der Waals surface area contributed by atoms with Crippen molar-refractivity contribution in [3.8, 4) is 5.75 Å². The van der Waals surface area contributed by atoms with Crippen molar-refractivity contribution in [1.82, 2.24) is 9.55 Å². The van der Waals surface area contributed by atoms with Crippen LogP contribution >= 0.6 is 22.6 Å². The monoisotopic (exact) mass is 379 g/mol. The summed E-state index contributed by atoms with van der Waals surface area (Å²) in [6.45, 7) is 1.24. The molecule has 3 rings (SSSR count). The first-order chi connectivity index (χ1) is 9.74. The fourth-order valence-corrected chi connectivity index (χ4v) is 2.60. The van der Waals surface area contributed by atoms with E-state index in [2.05, 4.69) is 33.6 Å². The molecule has 2 N–H and O–H groups in total. The molecule has 0 amide bonds. The van der Waals surface area contributed by atoms with Crippen LogP contribution in [0.3, 0.4) is 0 Å². The summed E-state index contributed by atoms with van der Waals surface area (Å²) in [5.41, 5.74) is 7.94. The van der Waals surface area contributed by atoms with Gasteiger partial charge in [-0.05, 0) is 52.9 Å². The lowest BCUT2D eigenvalue weighted by molar-refractivity contribution is 0.301. The average molecular weight is 379 g/mol. The predicted octanol–water partition coefficient (Wildman–Crippen LogP) is 3.30. The molecule has 5 heteroatoms. The van der Waals surface area contributed by atoms with Gasteiger partial charge in [0.2, 0.25) is 5.95 Å². The summed E-state index contributed by atoms with van der Waals surface area (Å²) in [6.07, 6.45) is 0. The molecule has 0 atom stereocenters. The van der Waals surface area contributed by atoms with Crippen LogP contribution in [0.2, 0.25) is 0 Å². The van der Waals surface area contributed by atoms with Crippen LogP contribution < -0.4 is 10.5 Å². The molecule has 1 heterocycles. The number of ether oxygens (including phenoxy) is 1. The lowest BCUT2D eigenvalue weighted by atomic mass is 10.3. The van der Waals surface area contributed by atoms with E-state index in [1.165, 1.54) is 0 Å². The Hall–Kier alpha value is -1.76. The first-order valence-corrected chi connectivity index (χ1v) is 7.41. The first-order valence-electron chi connectivity index (χ1n) is 6.33. The fraction of sp³-hybridized carbons (Fsp3) is 0.133. The third kappa shape index (κ3) is 2.72. The Morgan fingerprint density at radius 1 is 1.15 bits per heavy atom. The number of benzene rings is 2. The molecule has 0 bridgehead atoms. The van der Waals surface area contributed by atoms with Gasteiger partial charge in [-0.15, -0.1) is 0 Å². The summed E-state index contributed by atoms with van der Waals surface area (Å²) >= 11 is 2.27. The number of nitrogens with zero attached hydrogens (tertiary/aromatic N) is 2. The Morgan fingerprint density at radius 2 is 1.95 bits per heavy atom. The van der Waals surface area contributed by atoms with E-state index in [0.29, 0.717) is 19.1 Å². The normalized spacial score (nSPS) is 10.8. The zero-order valence-corrected chi connectivity index (χ0v) is 12.9. The van der Waals surface area contributed by atoms with E-state index in [1.807, 2.05) is 47.0 Å². The number of rotatable bonds is 4. The van der Waals surface area contributed by atoms with Crippen LogP contribution in [0.1, 0.15) is 0 Å². The number of fused-ring (bicyclic) bond motifs is 1. The summed E-state index contributed by atoms with van der Waals surface area (Å²) in [7, 11) is 0. The number of para-hydroxylation sites is 1. The number of hydrogen-bond acceptors (Lipinski definition) is 3. The Kier molecular flexibility index (Phi) is 3.77. The number of nitrogen functional groups attached to an aromatic ring is 1.